The molecule has 3 aromatic carbocycles. The van der Waals surface area contributed by atoms with Crippen molar-refractivity contribution in [2.45, 2.75) is 13.5 Å². The number of aromatic nitrogens is 2. The fraction of sp³-hybridized carbons (Fsp3) is 0.0690. The molecule has 0 saturated heterocycles. The second-order valence-electron chi connectivity index (χ2n) is 8.88. The fourth-order valence-corrected chi connectivity index (χ4v) is 5.01. The van der Waals surface area contributed by atoms with E-state index in [4.69, 9.17) is 5.73 Å². The van der Waals surface area contributed by atoms with Crippen molar-refractivity contribution in [2.75, 3.05) is 4.90 Å². The summed E-state index contributed by atoms with van der Waals surface area (Å²) in [6, 6.07) is 19.5. The third kappa shape index (κ3) is 3.36. The first kappa shape index (κ1) is 21.7. The quantitative estimate of drug-likeness (QED) is 0.353. The van der Waals surface area contributed by atoms with E-state index in [1.165, 1.54) is 12.1 Å². The predicted octanol–water partition coefficient (Wildman–Crippen LogP) is 5.60. The second-order valence-corrected chi connectivity index (χ2v) is 8.88. The van der Waals surface area contributed by atoms with Crippen LogP contribution in [0.25, 0.3) is 33.3 Å². The van der Waals surface area contributed by atoms with Crippen LogP contribution in [0, 0.1) is 12.7 Å². The summed E-state index contributed by atoms with van der Waals surface area (Å²) in [4.78, 5) is 34.5. The zero-order valence-electron chi connectivity index (χ0n) is 19.4. The van der Waals surface area contributed by atoms with Crippen LogP contribution >= 0.6 is 0 Å². The first-order valence-electron chi connectivity index (χ1n) is 11.5. The minimum absolute atomic E-state index is 0.223. The topological polar surface area (TPSA) is 92.1 Å². The Kier molecular flexibility index (Phi) is 4.93. The van der Waals surface area contributed by atoms with Gasteiger partial charge in [0.25, 0.3) is 11.8 Å². The van der Waals surface area contributed by atoms with Crippen molar-refractivity contribution in [2.24, 2.45) is 5.73 Å². The number of halogens is 1. The average Bonchev–Trinajstić information content (AvgIpc) is 3.46. The van der Waals surface area contributed by atoms with Gasteiger partial charge in [0, 0.05) is 40.3 Å². The van der Waals surface area contributed by atoms with E-state index in [2.05, 4.69) is 9.97 Å². The lowest BCUT2D eigenvalue weighted by Crippen LogP contribution is -2.24. The van der Waals surface area contributed by atoms with Gasteiger partial charge in [0.1, 0.15) is 5.82 Å². The molecule has 36 heavy (non-hydrogen) atoms. The molecule has 176 valence electrons. The second kappa shape index (κ2) is 8.16. The summed E-state index contributed by atoms with van der Waals surface area (Å²) in [5.74, 6) is -1.17. The summed E-state index contributed by atoms with van der Waals surface area (Å²) in [7, 11) is 0. The average molecular weight is 477 g/mol. The van der Waals surface area contributed by atoms with Gasteiger partial charge in [-0.05, 0) is 71.6 Å². The number of fused-ring (bicyclic) bond motifs is 2. The molecule has 6 nitrogen and oxygen atoms in total. The fourth-order valence-electron chi connectivity index (χ4n) is 5.01. The van der Waals surface area contributed by atoms with E-state index in [1.807, 2.05) is 49.4 Å². The Balaban J connectivity index is 1.50. The number of anilines is 1. The third-order valence-electron chi connectivity index (χ3n) is 6.79. The van der Waals surface area contributed by atoms with Crippen LogP contribution in [0.15, 0.2) is 79.1 Å². The van der Waals surface area contributed by atoms with Crippen molar-refractivity contribution >= 4 is 28.4 Å². The smallest absolute Gasteiger partial charge is 0.259 e. The maximum Gasteiger partial charge on any atom is 0.259 e. The van der Waals surface area contributed by atoms with Crippen LogP contribution in [-0.2, 0) is 6.54 Å². The number of rotatable bonds is 4. The Bertz CT molecular complexity index is 1690. The molecular formula is C29H21FN4O2. The van der Waals surface area contributed by atoms with E-state index in [-0.39, 0.29) is 5.91 Å². The van der Waals surface area contributed by atoms with Crippen molar-refractivity contribution < 1.29 is 14.0 Å². The van der Waals surface area contributed by atoms with E-state index >= 15 is 0 Å². The van der Waals surface area contributed by atoms with Crippen LogP contribution in [0.4, 0.5) is 10.1 Å². The highest BCUT2D eigenvalue weighted by Gasteiger charge is 2.30. The molecule has 3 heterocycles. The SMILES string of the molecule is Cc1c(-c2ccc(C(N)=O)c3[nH]c(-c4cccnc4)cc23)cccc1N1Cc2ccc(F)cc2C1=O. The Hall–Kier alpha value is -4.78. The number of primary amides is 1. The van der Waals surface area contributed by atoms with E-state index < -0.39 is 11.7 Å². The Morgan fingerprint density at radius 1 is 1.03 bits per heavy atom. The molecule has 1 aliphatic rings. The van der Waals surface area contributed by atoms with E-state index in [0.717, 1.165) is 44.6 Å². The number of nitrogens with two attached hydrogens (primary N) is 1. The highest BCUT2D eigenvalue weighted by Crippen LogP contribution is 2.39. The number of aromatic amines is 1. The molecule has 2 amide bonds. The summed E-state index contributed by atoms with van der Waals surface area (Å²) in [5, 5.41) is 0.837. The monoisotopic (exact) mass is 476 g/mol. The maximum atomic E-state index is 13.8. The minimum atomic E-state index is -0.524. The van der Waals surface area contributed by atoms with Crippen LogP contribution in [0.2, 0.25) is 0 Å². The largest absolute Gasteiger partial charge is 0.366 e. The molecule has 3 N–H and O–H groups in total. The molecule has 0 unspecified atom stereocenters. The molecule has 0 spiro atoms. The number of benzene rings is 3. The number of nitrogens with one attached hydrogen (secondary N) is 1. The summed E-state index contributed by atoms with van der Waals surface area (Å²) in [6.45, 7) is 2.34. The molecule has 1 aliphatic heterocycles. The maximum absolute atomic E-state index is 13.8. The highest BCUT2D eigenvalue weighted by molar-refractivity contribution is 6.12. The molecule has 2 aromatic heterocycles. The zero-order chi connectivity index (χ0) is 25.0. The molecule has 0 aliphatic carbocycles. The third-order valence-corrected chi connectivity index (χ3v) is 6.79. The number of hydrogen-bond acceptors (Lipinski definition) is 3. The first-order chi connectivity index (χ1) is 17.4. The summed E-state index contributed by atoms with van der Waals surface area (Å²) >= 11 is 0. The molecule has 6 rings (SSSR count). The van der Waals surface area contributed by atoms with Gasteiger partial charge in [0.15, 0.2) is 0 Å². The Morgan fingerprint density at radius 2 is 1.89 bits per heavy atom. The predicted molar refractivity (Wildman–Crippen MR) is 137 cm³/mol. The standard InChI is InChI=1S/C29H21FN4O2/c1-16-20(5-2-6-26(16)34-15-18-7-8-19(30)12-23(18)29(34)36)21-9-10-22(28(31)35)27-24(21)13-25(33-27)17-4-3-11-32-14-17/h2-14,33H,15H2,1H3,(H2,31,35). The molecule has 0 fully saturated rings. The van der Waals surface area contributed by atoms with Crippen molar-refractivity contribution in [1.82, 2.24) is 9.97 Å². The lowest BCUT2D eigenvalue weighted by molar-refractivity contribution is 0.0990. The number of hydrogen-bond donors (Lipinski definition) is 2. The van der Waals surface area contributed by atoms with Gasteiger partial charge >= 0.3 is 0 Å². The highest BCUT2D eigenvalue weighted by atomic mass is 19.1. The van der Waals surface area contributed by atoms with Gasteiger partial charge < -0.3 is 15.6 Å². The van der Waals surface area contributed by atoms with E-state index in [9.17, 15) is 14.0 Å². The molecule has 7 heteroatoms. The van der Waals surface area contributed by atoms with Crippen LogP contribution in [0.1, 0.15) is 31.8 Å². The normalized spacial score (nSPS) is 12.8. The van der Waals surface area contributed by atoms with Crippen LogP contribution < -0.4 is 10.6 Å². The van der Waals surface area contributed by atoms with Crippen molar-refractivity contribution in [3.63, 3.8) is 0 Å². The van der Waals surface area contributed by atoms with Crippen molar-refractivity contribution in [3.05, 3.63) is 107 Å². The molecule has 0 radical (unpaired) electrons. The summed E-state index contributed by atoms with van der Waals surface area (Å²) < 4.78 is 13.8. The van der Waals surface area contributed by atoms with Crippen LogP contribution in [-0.4, -0.2) is 21.8 Å². The van der Waals surface area contributed by atoms with Gasteiger partial charge in [0.2, 0.25) is 0 Å². The summed E-state index contributed by atoms with van der Waals surface area (Å²) in [6.07, 6.45) is 3.45. The van der Waals surface area contributed by atoms with Gasteiger partial charge in [-0.3, -0.25) is 14.6 Å². The number of amides is 2. The molecular weight excluding hydrogens is 455 g/mol. The molecule has 0 bridgehead atoms. The number of carbonyl (C=O) groups is 2. The van der Waals surface area contributed by atoms with Crippen molar-refractivity contribution in [3.8, 4) is 22.4 Å². The zero-order valence-corrected chi connectivity index (χ0v) is 19.4. The number of pyridine rings is 1. The molecule has 5 aromatic rings. The Labute approximate surface area is 206 Å². The van der Waals surface area contributed by atoms with E-state index in [1.54, 1.807) is 29.4 Å². The van der Waals surface area contributed by atoms with E-state index in [0.29, 0.717) is 23.2 Å². The number of H-pyrrole nitrogens is 1. The lowest BCUT2D eigenvalue weighted by Gasteiger charge is -2.21. The van der Waals surface area contributed by atoms with Crippen LogP contribution in [0.5, 0.6) is 0 Å². The van der Waals surface area contributed by atoms with Gasteiger partial charge in [-0.2, -0.15) is 0 Å². The van der Waals surface area contributed by atoms with Gasteiger partial charge in [-0.15, -0.1) is 0 Å². The number of carbonyl (C=O) groups excluding carboxylic acids is 2. The van der Waals surface area contributed by atoms with Gasteiger partial charge in [-0.1, -0.05) is 24.3 Å². The number of nitrogens with zero attached hydrogens (tertiary/aromatic N) is 2. The molecule has 0 atom stereocenters. The Morgan fingerprint density at radius 3 is 2.67 bits per heavy atom. The molecule has 0 saturated carbocycles. The van der Waals surface area contributed by atoms with Crippen molar-refractivity contribution in [1.29, 1.82) is 0 Å². The lowest BCUT2D eigenvalue weighted by atomic mass is 9.94. The minimum Gasteiger partial charge on any atom is -0.366 e. The summed E-state index contributed by atoms with van der Waals surface area (Å²) in [5.41, 5.74) is 13.1. The van der Waals surface area contributed by atoms with Gasteiger partial charge in [0.05, 0.1) is 17.6 Å². The van der Waals surface area contributed by atoms with Crippen LogP contribution in [0.3, 0.4) is 0 Å². The first-order valence-corrected chi connectivity index (χ1v) is 11.5. The van der Waals surface area contributed by atoms with Gasteiger partial charge in [-0.25, -0.2) is 4.39 Å².